The van der Waals surface area contributed by atoms with E-state index in [2.05, 4.69) is 32.3 Å². The third-order valence-corrected chi connectivity index (χ3v) is 8.69. The molecule has 3 heterocycles. The number of benzene rings is 1. The summed E-state index contributed by atoms with van der Waals surface area (Å²) < 4.78 is 26.8. The molecule has 0 N–H and O–H groups in total. The van der Waals surface area contributed by atoms with E-state index in [-0.39, 0.29) is 4.90 Å². The summed E-state index contributed by atoms with van der Waals surface area (Å²) in [7, 11) is -3.47. The Bertz CT molecular complexity index is 1100. The van der Waals surface area contributed by atoms with E-state index in [1.165, 1.54) is 10.5 Å². The normalized spacial score (nSPS) is 15.4. The third-order valence-electron chi connectivity index (χ3n) is 5.72. The monoisotopic (exact) mass is 471 g/mol. The van der Waals surface area contributed by atoms with Crippen LogP contribution in [0.5, 0.6) is 0 Å². The highest BCUT2D eigenvalue weighted by molar-refractivity contribution is 7.89. The SMILES string of the molecule is CCN(CC)S(=O)(=O)c1ccc(N2CCN(Cc3csc(-c4ccccc4)n3)CC2)nc1. The van der Waals surface area contributed by atoms with Gasteiger partial charge in [-0.25, -0.2) is 18.4 Å². The number of piperazine rings is 1. The lowest BCUT2D eigenvalue weighted by molar-refractivity contribution is 0.247. The topological polar surface area (TPSA) is 69.6 Å². The second kappa shape index (κ2) is 10.1. The van der Waals surface area contributed by atoms with Gasteiger partial charge in [0.2, 0.25) is 10.0 Å². The Kier molecular flexibility index (Phi) is 7.20. The first-order valence-electron chi connectivity index (χ1n) is 10.9. The van der Waals surface area contributed by atoms with Gasteiger partial charge in [0.05, 0.1) is 5.69 Å². The summed E-state index contributed by atoms with van der Waals surface area (Å²) >= 11 is 1.69. The van der Waals surface area contributed by atoms with Crippen molar-refractivity contribution < 1.29 is 8.42 Å². The maximum atomic E-state index is 12.7. The summed E-state index contributed by atoms with van der Waals surface area (Å²) in [5.74, 6) is 0.822. The first kappa shape index (κ1) is 22.8. The number of anilines is 1. The fourth-order valence-electron chi connectivity index (χ4n) is 3.88. The molecule has 0 unspecified atom stereocenters. The molecule has 1 aromatic carbocycles. The molecule has 0 aliphatic carbocycles. The summed E-state index contributed by atoms with van der Waals surface area (Å²) in [4.78, 5) is 14.1. The molecule has 0 atom stereocenters. The largest absolute Gasteiger partial charge is 0.354 e. The average Bonchev–Trinajstić information content (AvgIpc) is 3.29. The van der Waals surface area contributed by atoms with Crippen LogP contribution in [0.4, 0.5) is 5.82 Å². The molecule has 170 valence electrons. The Morgan fingerprint density at radius 3 is 2.34 bits per heavy atom. The van der Waals surface area contributed by atoms with Gasteiger partial charge in [0.15, 0.2) is 0 Å². The maximum absolute atomic E-state index is 12.7. The van der Waals surface area contributed by atoms with Crippen molar-refractivity contribution >= 4 is 27.2 Å². The van der Waals surface area contributed by atoms with Gasteiger partial charge in [-0.15, -0.1) is 11.3 Å². The number of thiazole rings is 1. The van der Waals surface area contributed by atoms with Crippen LogP contribution in [-0.2, 0) is 16.6 Å². The van der Waals surface area contributed by atoms with Crippen molar-refractivity contribution in [1.29, 1.82) is 0 Å². The highest BCUT2D eigenvalue weighted by atomic mass is 32.2. The van der Waals surface area contributed by atoms with Gasteiger partial charge < -0.3 is 4.90 Å². The molecule has 1 saturated heterocycles. The van der Waals surface area contributed by atoms with E-state index in [4.69, 9.17) is 4.98 Å². The lowest BCUT2D eigenvalue weighted by atomic mass is 10.2. The Morgan fingerprint density at radius 2 is 1.72 bits per heavy atom. The molecule has 7 nitrogen and oxygen atoms in total. The van der Waals surface area contributed by atoms with E-state index >= 15 is 0 Å². The molecule has 1 fully saturated rings. The van der Waals surface area contributed by atoms with Crippen LogP contribution in [0, 0.1) is 0 Å². The summed E-state index contributed by atoms with van der Waals surface area (Å²) in [5, 5.41) is 3.20. The van der Waals surface area contributed by atoms with E-state index in [1.807, 2.05) is 38.1 Å². The molecule has 2 aromatic heterocycles. The second-order valence-electron chi connectivity index (χ2n) is 7.71. The number of hydrogen-bond donors (Lipinski definition) is 0. The Hall–Kier alpha value is -2.33. The van der Waals surface area contributed by atoms with Crippen molar-refractivity contribution in [2.24, 2.45) is 0 Å². The zero-order chi connectivity index (χ0) is 22.6. The number of nitrogens with zero attached hydrogens (tertiary/aromatic N) is 5. The molecule has 0 saturated carbocycles. The summed E-state index contributed by atoms with van der Waals surface area (Å²) in [6.45, 7) is 8.97. The molecular formula is C23H29N5O2S2. The van der Waals surface area contributed by atoms with Gasteiger partial charge in [-0.2, -0.15) is 4.31 Å². The van der Waals surface area contributed by atoms with Crippen LogP contribution < -0.4 is 4.90 Å². The zero-order valence-corrected chi connectivity index (χ0v) is 20.1. The van der Waals surface area contributed by atoms with Gasteiger partial charge in [0.25, 0.3) is 0 Å². The van der Waals surface area contributed by atoms with Gasteiger partial charge in [0.1, 0.15) is 15.7 Å². The van der Waals surface area contributed by atoms with E-state index in [9.17, 15) is 8.42 Å². The first-order valence-corrected chi connectivity index (χ1v) is 13.3. The molecule has 9 heteroatoms. The highest BCUT2D eigenvalue weighted by Crippen LogP contribution is 2.24. The van der Waals surface area contributed by atoms with Crippen molar-refractivity contribution in [3.63, 3.8) is 0 Å². The smallest absolute Gasteiger partial charge is 0.244 e. The third kappa shape index (κ3) is 5.01. The van der Waals surface area contributed by atoms with Crippen molar-refractivity contribution in [2.75, 3.05) is 44.2 Å². The lowest BCUT2D eigenvalue weighted by Crippen LogP contribution is -2.46. The Balaban J connectivity index is 1.34. The molecule has 0 radical (unpaired) electrons. The molecule has 32 heavy (non-hydrogen) atoms. The number of sulfonamides is 1. The number of hydrogen-bond acceptors (Lipinski definition) is 7. The minimum atomic E-state index is -3.47. The van der Waals surface area contributed by atoms with E-state index < -0.39 is 10.0 Å². The molecule has 1 aliphatic rings. The quantitative estimate of drug-likeness (QED) is 0.500. The molecule has 1 aliphatic heterocycles. The lowest BCUT2D eigenvalue weighted by Gasteiger charge is -2.35. The van der Waals surface area contributed by atoms with Crippen LogP contribution in [0.25, 0.3) is 10.6 Å². The number of pyridine rings is 1. The summed E-state index contributed by atoms with van der Waals surface area (Å²) in [5.41, 5.74) is 2.26. The zero-order valence-electron chi connectivity index (χ0n) is 18.5. The number of rotatable bonds is 8. The molecule has 0 bridgehead atoms. The molecule has 0 amide bonds. The first-order chi connectivity index (χ1) is 15.5. The van der Waals surface area contributed by atoms with Crippen LogP contribution in [0.3, 0.4) is 0 Å². The number of aromatic nitrogens is 2. The molecule has 4 rings (SSSR count). The Labute approximate surface area is 194 Å². The maximum Gasteiger partial charge on any atom is 0.244 e. The van der Waals surface area contributed by atoms with Crippen molar-refractivity contribution in [3.8, 4) is 10.6 Å². The molecule has 3 aromatic rings. The van der Waals surface area contributed by atoms with Gasteiger partial charge in [0, 0.05) is 63.0 Å². The van der Waals surface area contributed by atoms with Crippen LogP contribution in [0.2, 0.25) is 0 Å². The predicted octanol–water partition coefficient (Wildman–Crippen LogP) is 3.56. The van der Waals surface area contributed by atoms with Crippen molar-refractivity contribution in [3.05, 3.63) is 59.7 Å². The van der Waals surface area contributed by atoms with Crippen LogP contribution in [-0.4, -0.2) is 66.9 Å². The highest BCUT2D eigenvalue weighted by Gasteiger charge is 2.23. The second-order valence-corrected chi connectivity index (χ2v) is 10.5. The van der Waals surface area contributed by atoms with E-state index in [0.717, 1.165) is 54.8 Å². The van der Waals surface area contributed by atoms with Crippen LogP contribution >= 0.6 is 11.3 Å². The summed E-state index contributed by atoms with van der Waals surface area (Å²) in [6, 6.07) is 13.8. The van der Waals surface area contributed by atoms with Crippen molar-refractivity contribution in [1.82, 2.24) is 19.2 Å². The van der Waals surface area contributed by atoms with Gasteiger partial charge >= 0.3 is 0 Å². The van der Waals surface area contributed by atoms with Gasteiger partial charge in [-0.05, 0) is 12.1 Å². The van der Waals surface area contributed by atoms with Gasteiger partial charge in [-0.1, -0.05) is 44.2 Å². The predicted molar refractivity (Wildman–Crippen MR) is 129 cm³/mol. The van der Waals surface area contributed by atoms with E-state index in [1.54, 1.807) is 17.4 Å². The fraction of sp³-hybridized carbons (Fsp3) is 0.391. The van der Waals surface area contributed by atoms with Crippen LogP contribution in [0.1, 0.15) is 19.5 Å². The summed E-state index contributed by atoms with van der Waals surface area (Å²) in [6.07, 6.45) is 1.48. The molecule has 0 spiro atoms. The van der Waals surface area contributed by atoms with Crippen LogP contribution in [0.15, 0.2) is 58.9 Å². The minimum Gasteiger partial charge on any atom is -0.354 e. The molecular weight excluding hydrogens is 442 g/mol. The fourth-order valence-corrected chi connectivity index (χ4v) is 6.10. The van der Waals surface area contributed by atoms with Crippen molar-refractivity contribution in [2.45, 2.75) is 25.3 Å². The Morgan fingerprint density at radius 1 is 1.00 bits per heavy atom. The average molecular weight is 472 g/mol. The van der Waals surface area contributed by atoms with E-state index in [0.29, 0.717) is 13.1 Å². The van der Waals surface area contributed by atoms with Gasteiger partial charge in [-0.3, -0.25) is 4.90 Å². The minimum absolute atomic E-state index is 0.251. The standard InChI is InChI=1S/C23H29N5O2S2/c1-3-28(4-2)32(29,30)21-10-11-22(24-16-21)27-14-12-26(13-15-27)17-20-18-31-23(25-20)19-8-6-5-7-9-19/h5-11,16,18H,3-4,12-15,17H2,1-2H3.